The zero-order valence-electron chi connectivity index (χ0n) is 19.4. The molecule has 116 valence electrons. The molecule has 4 nitrogen and oxygen atoms in total. The maximum absolute atomic E-state index is 9.47. The first-order chi connectivity index (χ1) is 13.5. The Bertz CT molecular complexity index is 972. The lowest BCUT2D eigenvalue weighted by Crippen LogP contribution is -2.64. The van der Waals surface area contributed by atoms with E-state index in [-0.39, 0.29) is 29.1 Å². The number of rotatable bonds is 2. The zero-order chi connectivity index (χ0) is 21.1. The molecule has 1 aromatic rings. The molecular formula is C18H21NO3. The van der Waals surface area contributed by atoms with Gasteiger partial charge in [0.1, 0.15) is 12.2 Å². The van der Waals surface area contributed by atoms with Gasteiger partial charge in [-0.2, -0.15) is 0 Å². The third kappa shape index (κ3) is 1.28. The summed E-state index contributed by atoms with van der Waals surface area (Å²) in [5, 5.41) is 4.76. The molecule has 0 amide bonds. The third-order valence-corrected chi connectivity index (χ3v) is 5.39. The second kappa shape index (κ2) is 4.06. The van der Waals surface area contributed by atoms with Crippen molar-refractivity contribution < 1.29 is 22.8 Å². The van der Waals surface area contributed by atoms with Gasteiger partial charge < -0.3 is 19.5 Å². The average Bonchev–Trinajstić information content (AvgIpc) is 3.00. The van der Waals surface area contributed by atoms with Gasteiger partial charge in [-0.25, -0.2) is 0 Å². The van der Waals surface area contributed by atoms with E-state index >= 15 is 0 Å². The number of likely N-dealkylation sites (N-methyl/N-ethyl adjacent to an activating group) is 1. The van der Waals surface area contributed by atoms with Crippen LogP contribution in [-0.4, -0.2) is 50.4 Å². The topological polar surface area (TPSA) is 41.9 Å². The summed E-state index contributed by atoms with van der Waals surface area (Å²) >= 11 is 0. The number of hydrogen-bond acceptors (Lipinski definition) is 4. The number of methoxy groups -OCH3 is 1. The van der Waals surface area contributed by atoms with Gasteiger partial charge in [-0.15, -0.1) is 0 Å². The molecule has 1 spiro atoms. The van der Waals surface area contributed by atoms with Crippen LogP contribution in [0.4, 0.5) is 0 Å². The van der Waals surface area contributed by atoms with Crippen molar-refractivity contribution in [2.24, 2.45) is 5.89 Å². The molecular weight excluding hydrogens is 278 g/mol. The highest BCUT2D eigenvalue weighted by Crippen LogP contribution is 2.62. The van der Waals surface area contributed by atoms with Crippen molar-refractivity contribution in [2.45, 2.75) is 36.4 Å². The summed E-state index contributed by atoms with van der Waals surface area (Å²) < 4.78 is 72.0. The predicted octanol–water partition coefficient (Wildman–Crippen LogP) is 1.50. The van der Waals surface area contributed by atoms with Crippen LogP contribution in [0.5, 0.6) is 11.5 Å². The Balaban J connectivity index is 1.99. The first-order valence-corrected chi connectivity index (χ1v) is 7.45. The second-order valence-electron chi connectivity index (χ2n) is 6.30. The number of benzene rings is 1. The number of ether oxygens (including phenoxy) is 2. The average molecular weight is 306 g/mol. The lowest BCUT2D eigenvalue weighted by atomic mass is 9.53. The maximum Gasteiger partial charge on any atom is 0.211 e. The minimum absolute atomic E-state index is 0.0135. The largest absolute Gasteiger partial charge is 0.493 e. The van der Waals surface area contributed by atoms with Crippen molar-refractivity contribution in [1.29, 1.82) is 1.43 Å². The number of piperidine rings is 1. The first kappa shape index (κ1) is 7.84. The molecule has 2 heterocycles. The first-order valence-electron chi connectivity index (χ1n) is 10.9. The SMILES string of the molecule is [2H]OC1([2H])C=C[C@@]2([2H])[C@@H]3N(C)CC[C@@]24c2c(c(OC)c([2H])c([2H])c2C3([2H])[2H])OC14. The molecule has 1 aromatic carbocycles. The van der Waals surface area contributed by atoms with Crippen LogP contribution < -0.4 is 9.47 Å². The van der Waals surface area contributed by atoms with Crippen molar-refractivity contribution in [2.75, 3.05) is 20.7 Å². The Morgan fingerprint density at radius 3 is 3.32 bits per heavy atom. The molecule has 0 saturated carbocycles. The van der Waals surface area contributed by atoms with Crippen LogP contribution in [0, 0.1) is 5.89 Å². The van der Waals surface area contributed by atoms with Crippen LogP contribution in [0.1, 0.15) is 25.8 Å². The molecule has 4 aliphatic rings. The Morgan fingerprint density at radius 1 is 1.59 bits per heavy atom. The van der Waals surface area contributed by atoms with E-state index in [4.69, 9.17) is 22.9 Å². The lowest BCUT2D eigenvalue weighted by Gasteiger charge is -2.56. The van der Waals surface area contributed by atoms with Crippen LogP contribution in [0.2, 0.25) is 0 Å². The summed E-state index contributed by atoms with van der Waals surface area (Å²) in [7, 11) is 3.09. The fourth-order valence-corrected chi connectivity index (χ4v) is 4.39. The highest BCUT2D eigenvalue weighted by atomic mass is 16.5. The van der Waals surface area contributed by atoms with Crippen LogP contribution in [0.3, 0.4) is 0 Å². The molecule has 1 N–H and O–H groups in total. The highest BCUT2D eigenvalue weighted by molar-refractivity contribution is 5.62. The fraction of sp³-hybridized carbons (Fsp3) is 0.556. The summed E-state index contributed by atoms with van der Waals surface area (Å²) in [6, 6.07) is -1.56. The molecule has 0 aromatic heterocycles. The van der Waals surface area contributed by atoms with Crippen LogP contribution in [-0.2, 0) is 11.8 Å². The molecule has 5 rings (SSSR count). The van der Waals surface area contributed by atoms with Crippen molar-refractivity contribution in [3.05, 3.63) is 35.4 Å². The maximum atomic E-state index is 9.47. The van der Waals surface area contributed by atoms with Crippen LogP contribution in [0.15, 0.2) is 24.2 Å². The number of aliphatic hydroxyl groups is 1. The zero-order valence-corrected chi connectivity index (χ0v) is 12.4. The van der Waals surface area contributed by atoms with Gasteiger partial charge in [0.2, 0.25) is 1.43 Å². The molecule has 2 unspecified atom stereocenters. The van der Waals surface area contributed by atoms with Gasteiger partial charge in [0.05, 0.1) is 11.2 Å². The van der Waals surface area contributed by atoms with E-state index in [9.17, 15) is 1.37 Å². The minimum atomic E-state index is -2.11. The molecule has 2 aliphatic carbocycles. The Kier molecular flexibility index (Phi) is 1.45. The summed E-state index contributed by atoms with van der Waals surface area (Å²) in [4.78, 5) is 1.77. The van der Waals surface area contributed by atoms with Crippen molar-refractivity contribution in [3.8, 4) is 11.5 Å². The monoisotopic (exact) mass is 306 g/mol. The minimum Gasteiger partial charge on any atom is -0.493 e. The molecule has 0 radical (unpaired) electrons. The normalized spacial score (nSPS) is 54.5. The number of nitrogens with zero attached hydrogens (tertiary/aromatic N) is 1. The number of hydrogen-bond donors (Lipinski definition) is 1. The quantitative estimate of drug-likeness (QED) is 0.841. The lowest BCUT2D eigenvalue weighted by molar-refractivity contribution is -0.0453. The predicted molar refractivity (Wildman–Crippen MR) is 82.5 cm³/mol. The van der Waals surface area contributed by atoms with E-state index in [0.717, 1.165) is 0 Å². The highest BCUT2D eigenvalue weighted by Gasteiger charge is 2.64. The molecule has 1 fully saturated rings. The smallest absolute Gasteiger partial charge is 0.211 e. The molecule has 5 atom stereocenters. The third-order valence-electron chi connectivity index (χ3n) is 5.39. The van der Waals surface area contributed by atoms with Gasteiger partial charge in [0.25, 0.3) is 0 Å². The van der Waals surface area contributed by atoms with Gasteiger partial charge in [-0.3, -0.25) is 0 Å². The Labute approximate surface area is 140 Å². The Hall–Kier alpha value is -1.52. The van der Waals surface area contributed by atoms with Gasteiger partial charge >= 0.3 is 0 Å². The number of likely N-dealkylation sites (tertiary alicyclic amines) is 1. The van der Waals surface area contributed by atoms with E-state index in [1.807, 2.05) is 0 Å². The van der Waals surface area contributed by atoms with Crippen LogP contribution in [0.25, 0.3) is 0 Å². The van der Waals surface area contributed by atoms with E-state index in [2.05, 4.69) is 0 Å². The van der Waals surface area contributed by atoms with E-state index in [1.165, 1.54) is 19.3 Å². The summed E-state index contributed by atoms with van der Waals surface area (Å²) in [6.07, 6.45) is -2.01. The van der Waals surface area contributed by atoms with Gasteiger partial charge in [0, 0.05) is 27.0 Å². The van der Waals surface area contributed by atoms with E-state index < -0.39 is 35.9 Å². The molecule has 2 bridgehead atoms. The Morgan fingerprint density at radius 2 is 2.50 bits per heavy atom. The summed E-state index contributed by atoms with van der Waals surface area (Å²) in [5.74, 6) is -1.44. The second-order valence-corrected chi connectivity index (χ2v) is 6.30. The van der Waals surface area contributed by atoms with Crippen molar-refractivity contribution in [3.63, 3.8) is 0 Å². The van der Waals surface area contributed by atoms with E-state index in [1.54, 1.807) is 11.9 Å². The molecule has 1 saturated heterocycles. The molecule has 22 heavy (non-hydrogen) atoms. The van der Waals surface area contributed by atoms with Crippen LogP contribution >= 0.6 is 0 Å². The summed E-state index contributed by atoms with van der Waals surface area (Å²) in [6.45, 7) is 0.448. The van der Waals surface area contributed by atoms with Crippen molar-refractivity contribution in [1.82, 2.24) is 4.90 Å². The van der Waals surface area contributed by atoms with Gasteiger partial charge in [0.15, 0.2) is 11.5 Å². The van der Waals surface area contributed by atoms with Gasteiger partial charge in [-0.05, 0) is 38.0 Å². The summed E-state index contributed by atoms with van der Waals surface area (Å²) in [5.41, 5.74) is -0.861. The van der Waals surface area contributed by atoms with Crippen molar-refractivity contribution >= 4 is 0 Å². The standard InChI is InChI=1S/C18H21NO3/c1-19-8-7-18-11-4-5-13(20)17(18)22-16-14(21-2)6-3-10(15(16)18)9-12(11)19/h3-6,11-13,17,20H,7-9H2,1-2H3/t11-,12+,13?,17?,18-/m0/s1/i3D,6D,9D2,11D,13D,20D. The molecule has 2 aliphatic heterocycles. The molecule has 4 heteroatoms. The van der Waals surface area contributed by atoms with Gasteiger partial charge in [-0.1, -0.05) is 18.2 Å². The fourth-order valence-electron chi connectivity index (χ4n) is 4.39. The van der Waals surface area contributed by atoms with E-state index in [0.29, 0.717) is 18.5 Å².